The summed E-state index contributed by atoms with van der Waals surface area (Å²) in [5.41, 5.74) is 2.13. The van der Waals surface area contributed by atoms with Crippen molar-refractivity contribution in [3.8, 4) is 0 Å². The summed E-state index contributed by atoms with van der Waals surface area (Å²) in [6, 6.07) is 10.5. The lowest BCUT2D eigenvalue weighted by molar-refractivity contribution is 1.16. The summed E-state index contributed by atoms with van der Waals surface area (Å²) in [5, 5.41) is 0. The third-order valence-electron chi connectivity index (χ3n) is 1.50. The van der Waals surface area contributed by atoms with Crippen molar-refractivity contribution in [3.63, 3.8) is 0 Å². The van der Waals surface area contributed by atoms with Crippen LogP contribution in [-0.4, -0.2) is 19.3 Å². The molecule has 0 aliphatic rings. The Balaban J connectivity index is 0.000000671. The van der Waals surface area contributed by atoms with Crippen LogP contribution in [0.15, 0.2) is 30.3 Å². The first kappa shape index (κ1) is 12.6. The summed E-state index contributed by atoms with van der Waals surface area (Å²) in [6.07, 6.45) is 1.13. The van der Waals surface area contributed by atoms with Crippen molar-refractivity contribution < 1.29 is 0 Å². The van der Waals surface area contributed by atoms with E-state index < -0.39 is 0 Å². The van der Waals surface area contributed by atoms with Gasteiger partial charge >= 0.3 is 0 Å². The van der Waals surface area contributed by atoms with Crippen molar-refractivity contribution in [1.29, 1.82) is 0 Å². The second kappa shape index (κ2) is 9.72. The van der Waals surface area contributed by atoms with Crippen LogP contribution in [0.25, 0.3) is 0 Å². The molecule has 0 nitrogen and oxygen atoms in total. The van der Waals surface area contributed by atoms with Crippen LogP contribution in [0.1, 0.15) is 19.4 Å². The molecule has 1 rings (SSSR count). The summed E-state index contributed by atoms with van der Waals surface area (Å²) < 4.78 is 0. The minimum atomic E-state index is 0.729. The zero-order chi connectivity index (χ0) is 9.94. The van der Waals surface area contributed by atoms with Gasteiger partial charge in [0.2, 0.25) is 0 Å². The molecular formula is C11H17BS. The molecule has 1 aromatic rings. The quantitative estimate of drug-likeness (QED) is 0.521. The van der Waals surface area contributed by atoms with E-state index in [1.807, 2.05) is 19.9 Å². The van der Waals surface area contributed by atoms with Crippen molar-refractivity contribution in [1.82, 2.24) is 0 Å². The van der Waals surface area contributed by atoms with Crippen molar-refractivity contribution in [2.75, 3.05) is 11.4 Å². The van der Waals surface area contributed by atoms with Crippen LogP contribution in [-0.2, 0) is 6.42 Å². The lowest BCUT2D eigenvalue weighted by Crippen LogP contribution is -1.88. The molecule has 1 aromatic carbocycles. The van der Waals surface area contributed by atoms with Gasteiger partial charge in [-0.05, 0) is 23.4 Å². The highest BCUT2D eigenvalue weighted by atomic mass is 32.2. The van der Waals surface area contributed by atoms with Crippen LogP contribution in [0.2, 0.25) is 0 Å². The summed E-state index contributed by atoms with van der Waals surface area (Å²) in [5.74, 6) is 1.13. The molecule has 0 bridgehead atoms. The lowest BCUT2D eigenvalue weighted by Gasteiger charge is -1.98. The second-order valence-corrected chi connectivity index (χ2v) is 3.46. The van der Waals surface area contributed by atoms with E-state index in [9.17, 15) is 0 Å². The number of hydrogen-bond acceptors (Lipinski definition) is 1. The van der Waals surface area contributed by atoms with Gasteiger partial charge in [-0.15, -0.1) is 0 Å². The summed E-state index contributed by atoms with van der Waals surface area (Å²) in [4.78, 5) is 0. The molecule has 70 valence electrons. The van der Waals surface area contributed by atoms with Gasteiger partial charge in [0, 0.05) is 0 Å². The van der Waals surface area contributed by atoms with Crippen molar-refractivity contribution in [2.24, 2.45) is 0 Å². The summed E-state index contributed by atoms with van der Waals surface area (Å²) >= 11 is 1.78. The van der Waals surface area contributed by atoms with Gasteiger partial charge in [-0.2, -0.15) is 11.8 Å². The van der Waals surface area contributed by atoms with Crippen LogP contribution >= 0.6 is 11.8 Å². The van der Waals surface area contributed by atoms with E-state index in [-0.39, 0.29) is 0 Å². The molecule has 2 radical (unpaired) electrons. The van der Waals surface area contributed by atoms with E-state index in [4.69, 9.17) is 7.85 Å². The predicted octanol–water partition coefficient (Wildman–Crippen LogP) is 3.11. The Bertz CT molecular complexity index is 187. The average Bonchev–Trinajstić information content (AvgIpc) is 2.23. The van der Waals surface area contributed by atoms with Gasteiger partial charge in [0.05, 0.1) is 7.85 Å². The topological polar surface area (TPSA) is 0 Å². The Labute approximate surface area is 87.5 Å². The fraction of sp³-hybridized carbons (Fsp3) is 0.455. The number of benzene rings is 1. The van der Waals surface area contributed by atoms with Gasteiger partial charge in [-0.3, -0.25) is 0 Å². The largest absolute Gasteiger partial charge is 0.171 e. The van der Waals surface area contributed by atoms with E-state index in [0.717, 1.165) is 17.8 Å². The molecule has 0 heterocycles. The minimum Gasteiger partial charge on any atom is -0.171 e. The Morgan fingerprint density at radius 1 is 1.15 bits per heavy atom. The third kappa shape index (κ3) is 6.77. The van der Waals surface area contributed by atoms with Crippen molar-refractivity contribution >= 4 is 19.6 Å². The molecule has 0 N–H and O–H groups in total. The van der Waals surface area contributed by atoms with E-state index in [0.29, 0.717) is 0 Å². The van der Waals surface area contributed by atoms with Gasteiger partial charge < -0.3 is 0 Å². The zero-order valence-electron chi connectivity index (χ0n) is 8.49. The van der Waals surface area contributed by atoms with Crippen LogP contribution in [0.4, 0.5) is 0 Å². The highest BCUT2D eigenvalue weighted by Gasteiger charge is 1.89. The van der Waals surface area contributed by atoms with E-state index in [1.165, 1.54) is 5.56 Å². The number of thioether (sulfide) groups is 1. The highest BCUT2D eigenvalue weighted by molar-refractivity contribution is 8.00. The molecule has 0 saturated heterocycles. The Morgan fingerprint density at radius 2 is 1.77 bits per heavy atom. The van der Waals surface area contributed by atoms with Crippen LogP contribution in [0.5, 0.6) is 0 Å². The molecule has 0 aromatic heterocycles. The monoisotopic (exact) mass is 192 g/mol. The van der Waals surface area contributed by atoms with Crippen LogP contribution in [0.3, 0.4) is 0 Å². The molecule has 0 aliphatic heterocycles. The Kier molecular flexibility index (Phi) is 9.45. The van der Waals surface area contributed by atoms with Crippen molar-refractivity contribution in [3.05, 3.63) is 35.9 Å². The molecule has 13 heavy (non-hydrogen) atoms. The molecule has 2 heteroatoms. The van der Waals surface area contributed by atoms with Crippen LogP contribution < -0.4 is 0 Å². The zero-order valence-corrected chi connectivity index (χ0v) is 9.31. The van der Waals surface area contributed by atoms with E-state index >= 15 is 0 Å². The maximum atomic E-state index is 5.36. The Morgan fingerprint density at radius 3 is 2.31 bits per heavy atom. The minimum absolute atomic E-state index is 0.729. The van der Waals surface area contributed by atoms with Gasteiger partial charge in [0.1, 0.15) is 0 Å². The fourth-order valence-electron chi connectivity index (χ4n) is 0.918. The molecule has 0 fully saturated rings. The maximum Gasteiger partial charge on any atom is 0.0799 e. The van der Waals surface area contributed by atoms with Gasteiger partial charge in [0.25, 0.3) is 0 Å². The SMILES string of the molecule is CC.[B]CSCCc1ccccc1. The summed E-state index contributed by atoms with van der Waals surface area (Å²) in [6.45, 7) is 4.00. The number of hydrogen-bond donors (Lipinski definition) is 0. The van der Waals surface area contributed by atoms with Crippen molar-refractivity contribution in [2.45, 2.75) is 20.3 Å². The number of aryl methyl sites for hydroxylation is 1. The summed E-state index contributed by atoms with van der Waals surface area (Å²) in [7, 11) is 5.36. The first-order valence-corrected chi connectivity index (χ1v) is 5.90. The third-order valence-corrected chi connectivity index (χ3v) is 2.22. The molecule has 0 atom stereocenters. The smallest absolute Gasteiger partial charge is 0.0799 e. The molecule has 0 saturated carbocycles. The first-order chi connectivity index (χ1) is 6.43. The van der Waals surface area contributed by atoms with Gasteiger partial charge in [-0.1, -0.05) is 44.2 Å². The normalized spacial score (nSPS) is 8.77. The first-order valence-electron chi connectivity index (χ1n) is 4.75. The van der Waals surface area contributed by atoms with Crippen LogP contribution in [0, 0.1) is 0 Å². The van der Waals surface area contributed by atoms with E-state index in [1.54, 1.807) is 11.8 Å². The molecule has 0 amide bonds. The Hall–Kier alpha value is -0.365. The average molecular weight is 192 g/mol. The predicted molar refractivity (Wildman–Crippen MR) is 64.6 cm³/mol. The molecule has 0 unspecified atom stereocenters. The maximum absolute atomic E-state index is 5.36. The standard InChI is InChI=1S/C9H11BS.C2H6/c10-8-11-7-6-9-4-2-1-3-5-9;1-2/h1-5H,6-8H2;1-2H3. The van der Waals surface area contributed by atoms with E-state index in [2.05, 4.69) is 24.3 Å². The second-order valence-electron chi connectivity index (χ2n) is 2.31. The molecule has 0 spiro atoms. The highest BCUT2D eigenvalue weighted by Crippen LogP contribution is 2.04. The van der Waals surface area contributed by atoms with Gasteiger partial charge in [0.15, 0.2) is 0 Å². The number of rotatable bonds is 4. The van der Waals surface area contributed by atoms with Gasteiger partial charge in [-0.25, -0.2) is 0 Å². The molecular weight excluding hydrogens is 175 g/mol. The fourth-order valence-corrected chi connectivity index (χ4v) is 1.46. The lowest BCUT2D eigenvalue weighted by atomic mass is 10.2. The molecule has 0 aliphatic carbocycles.